The highest BCUT2D eigenvalue weighted by atomic mass is 16.7. The summed E-state index contributed by atoms with van der Waals surface area (Å²) in [6.45, 7) is 4.03. The molecule has 0 aromatic rings. The fraction of sp³-hybridized carbons (Fsp3) is 0.875. The zero-order chi connectivity index (χ0) is 8.43. The molecule has 0 bridgehead atoms. The van der Waals surface area contributed by atoms with Crippen LogP contribution in [0, 0.1) is 11.8 Å². The first-order valence-corrected chi connectivity index (χ1v) is 3.84. The SMILES string of the molecule is CO[C@H]1O[C@H](C=O)[C@H](C)[C@@H]1C. The minimum absolute atomic E-state index is 0.208. The summed E-state index contributed by atoms with van der Waals surface area (Å²) in [7, 11) is 1.60. The first-order chi connectivity index (χ1) is 5.20. The quantitative estimate of drug-likeness (QED) is 0.558. The van der Waals surface area contributed by atoms with Gasteiger partial charge >= 0.3 is 0 Å². The molecule has 3 heteroatoms. The Hall–Kier alpha value is -0.410. The topological polar surface area (TPSA) is 35.5 Å². The molecule has 3 nitrogen and oxygen atoms in total. The van der Waals surface area contributed by atoms with Gasteiger partial charge in [-0.25, -0.2) is 0 Å². The van der Waals surface area contributed by atoms with Crippen LogP contribution >= 0.6 is 0 Å². The number of methoxy groups -OCH3 is 1. The average molecular weight is 158 g/mol. The monoisotopic (exact) mass is 158 g/mol. The maximum absolute atomic E-state index is 10.4. The van der Waals surface area contributed by atoms with Gasteiger partial charge in [0.25, 0.3) is 0 Å². The van der Waals surface area contributed by atoms with Crippen LogP contribution in [0.2, 0.25) is 0 Å². The number of hydrogen-bond donors (Lipinski definition) is 0. The summed E-state index contributed by atoms with van der Waals surface area (Å²) in [6.07, 6.45) is 0.357. The second-order valence-corrected chi connectivity index (χ2v) is 3.06. The van der Waals surface area contributed by atoms with E-state index >= 15 is 0 Å². The lowest BCUT2D eigenvalue weighted by atomic mass is 9.94. The molecule has 0 unspecified atom stereocenters. The van der Waals surface area contributed by atoms with Crippen LogP contribution in [0.4, 0.5) is 0 Å². The first kappa shape index (κ1) is 8.68. The summed E-state index contributed by atoms with van der Waals surface area (Å²) in [5.41, 5.74) is 0. The molecule has 64 valence electrons. The van der Waals surface area contributed by atoms with E-state index in [-0.39, 0.29) is 18.3 Å². The average Bonchev–Trinajstić information content (AvgIpc) is 2.30. The van der Waals surface area contributed by atoms with Gasteiger partial charge in [0, 0.05) is 13.0 Å². The molecule has 1 heterocycles. The van der Waals surface area contributed by atoms with Crippen LogP contribution in [0.3, 0.4) is 0 Å². The van der Waals surface area contributed by atoms with E-state index in [1.54, 1.807) is 7.11 Å². The lowest BCUT2D eigenvalue weighted by Gasteiger charge is -2.12. The maximum atomic E-state index is 10.4. The fourth-order valence-electron chi connectivity index (χ4n) is 1.38. The van der Waals surface area contributed by atoms with Crippen molar-refractivity contribution in [2.45, 2.75) is 26.2 Å². The number of hydrogen-bond acceptors (Lipinski definition) is 3. The van der Waals surface area contributed by atoms with Gasteiger partial charge in [-0.3, -0.25) is 0 Å². The molecular formula is C8H14O3. The van der Waals surface area contributed by atoms with Crippen molar-refractivity contribution in [3.05, 3.63) is 0 Å². The predicted molar refractivity (Wildman–Crippen MR) is 40.1 cm³/mol. The van der Waals surface area contributed by atoms with E-state index < -0.39 is 0 Å². The lowest BCUT2D eigenvalue weighted by Crippen LogP contribution is -2.17. The summed E-state index contributed by atoms with van der Waals surface area (Å²) in [6, 6.07) is 0. The van der Waals surface area contributed by atoms with E-state index in [2.05, 4.69) is 0 Å². The number of carbonyl (C=O) groups excluding carboxylic acids is 1. The van der Waals surface area contributed by atoms with Crippen LogP contribution in [0.5, 0.6) is 0 Å². The van der Waals surface area contributed by atoms with Crippen molar-refractivity contribution in [1.82, 2.24) is 0 Å². The highest BCUT2D eigenvalue weighted by Crippen LogP contribution is 2.31. The van der Waals surface area contributed by atoms with Crippen molar-refractivity contribution in [3.8, 4) is 0 Å². The van der Waals surface area contributed by atoms with Crippen molar-refractivity contribution in [1.29, 1.82) is 0 Å². The number of aldehydes is 1. The Balaban J connectivity index is 2.60. The number of ether oxygens (including phenoxy) is 2. The van der Waals surface area contributed by atoms with E-state index in [4.69, 9.17) is 9.47 Å². The number of rotatable bonds is 2. The van der Waals surface area contributed by atoms with Gasteiger partial charge in [0.15, 0.2) is 6.29 Å². The minimum Gasteiger partial charge on any atom is -0.356 e. The highest BCUT2D eigenvalue weighted by molar-refractivity contribution is 5.57. The summed E-state index contributed by atoms with van der Waals surface area (Å²) < 4.78 is 10.3. The zero-order valence-electron chi connectivity index (χ0n) is 7.11. The molecule has 0 radical (unpaired) electrons. The van der Waals surface area contributed by atoms with Crippen molar-refractivity contribution >= 4 is 6.29 Å². The maximum Gasteiger partial charge on any atom is 0.161 e. The van der Waals surface area contributed by atoms with E-state index in [9.17, 15) is 4.79 Å². The summed E-state index contributed by atoms with van der Waals surface area (Å²) in [5, 5.41) is 0. The molecule has 0 aliphatic carbocycles. The molecular weight excluding hydrogens is 144 g/mol. The van der Waals surface area contributed by atoms with Crippen LogP contribution in [-0.2, 0) is 14.3 Å². The number of carbonyl (C=O) groups is 1. The van der Waals surface area contributed by atoms with Gasteiger partial charge in [0.2, 0.25) is 0 Å². The lowest BCUT2D eigenvalue weighted by molar-refractivity contribution is -0.142. The summed E-state index contributed by atoms with van der Waals surface area (Å²) in [4.78, 5) is 10.4. The van der Waals surface area contributed by atoms with Crippen LogP contribution < -0.4 is 0 Å². The normalized spacial score (nSPS) is 44.3. The van der Waals surface area contributed by atoms with Crippen LogP contribution in [0.15, 0.2) is 0 Å². The van der Waals surface area contributed by atoms with Crippen molar-refractivity contribution in [2.24, 2.45) is 11.8 Å². The van der Waals surface area contributed by atoms with Gasteiger partial charge < -0.3 is 14.3 Å². The second kappa shape index (κ2) is 3.32. The van der Waals surface area contributed by atoms with Crippen LogP contribution in [0.25, 0.3) is 0 Å². The van der Waals surface area contributed by atoms with Crippen molar-refractivity contribution in [3.63, 3.8) is 0 Å². The molecule has 4 atom stereocenters. The zero-order valence-corrected chi connectivity index (χ0v) is 7.11. The minimum atomic E-state index is -0.282. The molecule has 1 fully saturated rings. The van der Waals surface area contributed by atoms with Gasteiger partial charge in [0.05, 0.1) is 0 Å². The van der Waals surface area contributed by atoms with E-state index in [1.807, 2.05) is 13.8 Å². The molecule has 1 saturated heterocycles. The summed E-state index contributed by atoms with van der Waals surface area (Å²) >= 11 is 0. The van der Waals surface area contributed by atoms with Crippen LogP contribution in [0.1, 0.15) is 13.8 Å². The van der Waals surface area contributed by atoms with Gasteiger partial charge in [-0.05, 0) is 5.92 Å². The van der Waals surface area contributed by atoms with Gasteiger partial charge in [-0.15, -0.1) is 0 Å². The molecule has 11 heavy (non-hydrogen) atoms. The molecule has 1 rings (SSSR count). The largest absolute Gasteiger partial charge is 0.356 e. The highest BCUT2D eigenvalue weighted by Gasteiger charge is 2.38. The molecule has 1 aliphatic rings. The third kappa shape index (κ3) is 1.44. The second-order valence-electron chi connectivity index (χ2n) is 3.06. The fourth-order valence-corrected chi connectivity index (χ4v) is 1.38. The van der Waals surface area contributed by atoms with Gasteiger partial charge in [-0.1, -0.05) is 13.8 Å². The molecule has 0 saturated carbocycles. The molecule has 0 N–H and O–H groups in total. The van der Waals surface area contributed by atoms with Crippen molar-refractivity contribution in [2.75, 3.05) is 7.11 Å². The van der Waals surface area contributed by atoms with E-state index in [0.29, 0.717) is 5.92 Å². The Morgan fingerprint density at radius 2 is 2.00 bits per heavy atom. The Morgan fingerprint density at radius 3 is 2.27 bits per heavy atom. The molecule has 0 amide bonds. The third-order valence-corrected chi connectivity index (χ3v) is 2.43. The standard InChI is InChI=1S/C8H14O3/c1-5-6(2)8(10-3)11-7(5)4-9/h4-8H,1-3H3/t5-,6+,7-,8+/m1/s1. The molecule has 0 aromatic heterocycles. The van der Waals surface area contributed by atoms with Crippen molar-refractivity contribution < 1.29 is 14.3 Å². The Labute approximate surface area is 66.7 Å². The van der Waals surface area contributed by atoms with E-state index in [0.717, 1.165) is 6.29 Å². The Bertz CT molecular complexity index is 146. The van der Waals surface area contributed by atoms with Crippen LogP contribution in [-0.4, -0.2) is 25.8 Å². The Morgan fingerprint density at radius 1 is 1.36 bits per heavy atom. The molecule has 0 aromatic carbocycles. The Kier molecular flexibility index (Phi) is 2.62. The molecule has 1 aliphatic heterocycles. The summed E-state index contributed by atoms with van der Waals surface area (Å²) in [5.74, 6) is 0.563. The van der Waals surface area contributed by atoms with E-state index in [1.165, 1.54) is 0 Å². The van der Waals surface area contributed by atoms with Gasteiger partial charge in [-0.2, -0.15) is 0 Å². The van der Waals surface area contributed by atoms with Gasteiger partial charge in [0.1, 0.15) is 12.4 Å². The smallest absolute Gasteiger partial charge is 0.161 e. The third-order valence-electron chi connectivity index (χ3n) is 2.43. The first-order valence-electron chi connectivity index (χ1n) is 3.84. The predicted octanol–water partition coefficient (Wildman–Crippen LogP) is 0.829. The molecule has 0 spiro atoms.